The van der Waals surface area contributed by atoms with Crippen molar-refractivity contribution in [1.82, 2.24) is 0 Å². The van der Waals surface area contributed by atoms with Gasteiger partial charge in [0.25, 0.3) is 0 Å². The van der Waals surface area contributed by atoms with Gasteiger partial charge in [-0.2, -0.15) is 0 Å². The highest BCUT2D eigenvalue weighted by molar-refractivity contribution is 5.89. The third kappa shape index (κ3) is 2.91. The molecule has 0 radical (unpaired) electrons. The molecule has 0 fully saturated rings. The predicted molar refractivity (Wildman–Crippen MR) is 75.8 cm³/mol. The highest BCUT2D eigenvalue weighted by Gasteiger charge is 2.12. The van der Waals surface area contributed by atoms with Gasteiger partial charge in [-0.1, -0.05) is 18.2 Å². The average molecular weight is 272 g/mol. The lowest BCUT2D eigenvalue weighted by atomic mass is 9.99. The zero-order valence-corrected chi connectivity index (χ0v) is 11.4. The van der Waals surface area contributed by atoms with Crippen molar-refractivity contribution in [2.75, 3.05) is 14.2 Å². The lowest BCUT2D eigenvalue weighted by Gasteiger charge is -2.12. The predicted octanol–water partition coefficient (Wildman–Crippen LogP) is 2.99. The van der Waals surface area contributed by atoms with Crippen LogP contribution in [0.4, 0.5) is 0 Å². The monoisotopic (exact) mass is 272 g/mol. The van der Waals surface area contributed by atoms with Crippen molar-refractivity contribution in [1.29, 1.82) is 0 Å². The van der Waals surface area contributed by atoms with Crippen LogP contribution in [0.1, 0.15) is 21.5 Å². The van der Waals surface area contributed by atoms with E-state index in [1.165, 1.54) is 0 Å². The molecule has 2 rings (SSSR count). The zero-order chi connectivity index (χ0) is 14.5. The molecule has 1 N–H and O–H groups in total. The molecule has 0 aliphatic carbocycles. The maximum absolute atomic E-state index is 11.2. The fourth-order valence-corrected chi connectivity index (χ4v) is 2.11. The summed E-state index contributed by atoms with van der Waals surface area (Å²) in [7, 11) is 3.19. The Morgan fingerprint density at radius 2 is 1.80 bits per heavy atom. The van der Waals surface area contributed by atoms with Gasteiger partial charge in [-0.15, -0.1) is 0 Å². The molecule has 0 aliphatic rings. The van der Waals surface area contributed by atoms with Gasteiger partial charge in [-0.25, -0.2) is 4.79 Å². The van der Waals surface area contributed by atoms with Gasteiger partial charge in [0, 0.05) is 12.0 Å². The number of aromatic carboxylic acids is 1. The van der Waals surface area contributed by atoms with E-state index >= 15 is 0 Å². The van der Waals surface area contributed by atoms with Crippen molar-refractivity contribution in [2.45, 2.75) is 6.42 Å². The Balaban J connectivity index is 2.41. The first-order valence-electron chi connectivity index (χ1n) is 6.17. The third-order valence-corrected chi connectivity index (χ3v) is 3.12. The molecule has 0 spiro atoms. The van der Waals surface area contributed by atoms with Crippen molar-refractivity contribution < 1.29 is 19.4 Å². The third-order valence-electron chi connectivity index (χ3n) is 3.12. The van der Waals surface area contributed by atoms with Crippen LogP contribution in [0.3, 0.4) is 0 Å². The van der Waals surface area contributed by atoms with Crippen molar-refractivity contribution in [3.05, 3.63) is 59.2 Å². The van der Waals surface area contributed by atoms with E-state index in [4.69, 9.17) is 9.47 Å². The summed E-state index contributed by atoms with van der Waals surface area (Å²) in [6, 6.07) is 12.4. The number of ether oxygens (including phenoxy) is 2. The molecule has 4 heteroatoms. The van der Waals surface area contributed by atoms with E-state index in [1.807, 2.05) is 30.3 Å². The van der Waals surface area contributed by atoms with E-state index < -0.39 is 5.97 Å². The van der Waals surface area contributed by atoms with Gasteiger partial charge in [0.05, 0.1) is 19.8 Å². The van der Waals surface area contributed by atoms with Gasteiger partial charge in [0.15, 0.2) is 0 Å². The maximum atomic E-state index is 11.2. The summed E-state index contributed by atoms with van der Waals surface area (Å²) in [5.74, 6) is 0.502. The van der Waals surface area contributed by atoms with Crippen molar-refractivity contribution in [3.63, 3.8) is 0 Å². The van der Waals surface area contributed by atoms with E-state index in [0.717, 1.165) is 11.1 Å². The topological polar surface area (TPSA) is 55.8 Å². The van der Waals surface area contributed by atoms with Crippen LogP contribution in [0.15, 0.2) is 42.5 Å². The Morgan fingerprint density at radius 1 is 1.05 bits per heavy atom. The Kier molecular flexibility index (Phi) is 4.25. The minimum Gasteiger partial charge on any atom is -0.497 e. The molecule has 0 heterocycles. The molecule has 0 amide bonds. The number of carboxylic acid groups (broad SMARTS) is 1. The average Bonchev–Trinajstić information content (AvgIpc) is 2.47. The summed E-state index contributed by atoms with van der Waals surface area (Å²) in [4.78, 5) is 11.2. The van der Waals surface area contributed by atoms with E-state index in [-0.39, 0.29) is 0 Å². The van der Waals surface area contributed by atoms with Crippen molar-refractivity contribution in [2.24, 2.45) is 0 Å². The summed E-state index contributed by atoms with van der Waals surface area (Å²) in [6.07, 6.45) is 0.475. The molecule has 0 aromatic heterocycles. The molecule has 4 nitrogen and oxygen atoms in total. The van der Waals surface area contributed by atoms with Crippen molar-refractivity contribution in [3.8, 4) is 11.5 Å². The lowest BCUT2D eigenvalue weighted by Crippen LogP contribution is -2.03. The van der Waals surface area contributed by atoms with Crippen LogP contribution in [0, 0.1) is 0 Å². The molecule has 2 aromatic carbocycles. The smallest absolute Gasteiger partial charge is 0.335 e. The molecule has 0 unspecified atom stereocenters. The quantitative estimate of drug-likeness (QED) is 0.909. The number of benzene rings is 2. The number of hydrogen-bond acceptors (Lipinski definition) is 3. The van der Waals surface area contributed by atoms with Gasteiger partial charge in [0.2, 0.25) is 0 Å². The van der Waals surface area contributed by atoms with Gasteiger partial charge < -0.3 is 14.6 Å². The van der Waals surface area contributed by atoms with E-state index in [1.54, 1.807) is 26.4 Å². The second-order valence-corrected chi connectivity index (χ2v) is 4.32. The molecule has 20 heavy (non-hydrogen) atoms. The molecule has 0 atom stereocenters. The Morgan fingerprint density at radius 3 is 2.45 bits per heavy atom. The molecular formula is C16H16O4. The van der Waals surface area contributed by atoms with Gasteiger partial charge >= 0.3 is 5.97 Å². The number of hydrogen-bond donors (Lipinski definition) is 1. The number of methoxy groups -OCH3 is 2. The largest absolute Gasteiger partial charge is 0.497 e. The van der Waals surface area contributed by atoms with Gasteiger partial charge in [-0.3, -0.25) is 0 Å². The van der Waals surface area contributed by atoms with Gasteiger partial charge in [-0.05, 0) is 29.8 Å². The lowest BCUT2D eigenvalue weighted by molar-refractivity contribution is 0.0696. The summed E-state index contributed by atoms with van der Waals surface area (Å²) < 4.78 is 10.5. The van der Waals surface area contributed by atoms with Crippen molar-refractivity contribution >= 4 is 5.97 Å². The zero-order valence-electron chi connectivity index (χ0n) is 11.4. The van der Waals surface area contributed by atoms with Crippen LogP contribution in [-0.4, -0.2) is 25.3 Å². The van der Waals surface area contributed by atoms with Crippen LogP contribution in [0.5, 0.6) is 11.5 Å². The molecule has 0 saturated heterocycles. The molecule has 104 valence electrons. The minimum absolute atomic E-state index is 0.303. The minimum atomic E-state index is -0.928. The first-order chi connectivity index (χ1) is 9.65. The Labute approximate surface area is 117 Å². The molecule has 0 bridgehead atoms. The molecule has 0 saturated carbocycles. The number of rotatable bonds is 5. The van der Waals surface area contributed by atoms with E-state index in [2.05, 4.69) is 0 Å². The SMILES string of the molecule is COc1ccc(OC)c(Cc2ccccc2C(=O)O)c1. The van der Waals surface area contributed by atoms with Crippen LogP contribution >= 0.6 is 0 Å². The highest BCUT2D eigenvalue weighted by atomic mass is 16.5. The van der Waals surface area contributed by atoms with Crippen LogP contribution in [-0.2, 0) is 6.42 Å². The standard InChI is InChI=1S/C16H16O4/c1-19-13-7-8-15(20-2)12(10-13)9-11-5-3-4-6-14(11)16(17)18/h3-8,10H,9H2,1-2H3,(H,17,18). The highest BCUT2D eigenvalue weighted by Crippen LogP contribution is 2.27. The van der Waals surface area contributed by atoms with Gasteiger partial charge in [0.1, 0.15) is 11.5 Å². The maximum Gasteiger partial charge on any atom is 0.335 e. The van der Waals surface area contributed by atoms with E-state index in [9.17, 15) is 9.90 Å². The molecule has 0 aliphatic heterocycles. The summed E-state index contributed by atoms with van der Waals surface area (Å²) in [5.41, 5.74) is 1.93. The first kappa shape index (κ1) is 13.9. The number of carboxylic acids is 1. The summed E-state index contributed by atoms with van der Waals surface area (Å²) in [6.45, 7) is 0. The number of carbonyl (C=O) groups is 1. The van der Waals surface area contributed by atoms with Crippen LogP contribution in [0.25, 0.3) is 0 Å². The van der Waals surface area contributed by atoms with Crippen LogP contribution < -0.4 is 9.47 Å². The molecule has 2 aromatic rings. The normalized spacial score (nSPS) is 10.1. The first-order valence-corrected chi connectivity index (χ1v) is 6.17. The van der Waals surface area contributed by atoms with Crippen LogP contribution in [0.2, 0.25) is 0 Å². The Hall–Kier alpha value is -2.49. The fraction of sp³-hybridized carbons (Fsp3) is 0.188. The second-order valence-electron chi connectivity index (χ2n) is 4.32. The Bertz CT molecular complexity index is 620. The van der Waals surface area contributed by atoms with E-state index in [0.29, 0.717) is 23.5 Å². The fourth-order valence-electron chi connectivity index (χ4n) is 2.11. The molecular weight excluding hydrogens is 256 g/mol. The summed E-state index contributed by atoms with van der Waals surface area (Å²) >= 11 is 0. The second kappa shape index (κ2) is 6.10. The summed E-state index contributed by atoms with van der Waals surface area (Å²) in [5, 5.41) is 9.21.